The quantitative estimate of drug-likeness (QED) is 0.223. The van der Waals surface area contributed by atoms with Crippen LogP contribution in [0.3, 0.4) is 0 Å². The SMILES string of the molecule is Cc1cccc(N(c2cc3oc4cc5ccccc5cc4c3c3c2CCC=C3)c2cccc3c2oc2ccccc23)c1. The summed E-state index contributed by atoms with van der Waals surface area (Å²) in [5.41, 5.74) is 10.6. The van der Waals surface area contributed by atoms with Gasteiger partial charge in [0, 0.05) is 33.3 Å². The molecule has 0 saturated carbocycles. The van der Waals surface area contributed by atoms with Crippen molar-refractivity contribution in [2.75, 3.05) is 4.90 Å². The minimum Gasteiger partial charge on any atom is -0.456 e. The zero-order valence-corrected chi connectivity index (χ0v) is 23.2. The van der Waals surface area contributed by atoms with E-state index >= 15 is 0 Å². The molecule has 0 fully saturated rings. The molecule has 0 aliphatic heterocycles. The Balaban J connectivity index is 1.39. The van der Waals surface area contributed by atoms with E-state index in [1.54, 1.807) is 0 Å². The van der Waals surface area contributed by atoms with Gasteiger partial charge < -0.3 is 13.7 Å². The van der Waals surface area contributed by atoms with Gasteiger partial charge in [0.15, 0.2) is 5.58 Å². The Morgan fingerprint density at radius 2 is 1.43 bits per heavy atom. The van der Waals surface area contributed by atoms with Gasteiger partial charge in [-0.2, -0.15) is 0 Å². The average Bonchev–Trinajstić information content (AvgIpc) is 3.58. The lowest BCUT2D eigenvalue weighted by atomic mass is 9.90. The third kappa shape index (κ3) is 3.40. The van der Waals surface area contributed by atoms with Gasteiger partial charge in [0.2, 0.25) is 0 Å². The summed E-state index contributed by atoms with van der Waals surface area (Å²) in [6, 6.07) is 38.7. The molecule has 0 amide bonds. The predicted octanol–water partition coefficient (Wildman–Crippen LogP) is 11.4. The molecule has 0 radical (unpaired) electrons. The Morgan fingerprint density at radius 3 is 2.33 bits per heavy atom. The molecule has 0 unspecified atom stereocenters. The Hall–Kier alpha value is -5.28. The predicted molar refractivity (Wildman–Crippen MR) is 175 cm³/mol. The van der Waals surface area contributed by atoms with Crippen molar-refractivity contribution in [2.45, 2.75) is 19.8 Å². The van der Waals surface area contributed by atoms with Gasteiger partial charge in [-0.1, -0.05) is 78.9 Å². The number of anilines is 3. The second-order valence-corrected chi connectivity index (χ2v) is 11.3. The van der Waals surface area contributed by atoms with Gasteiger partial charge in [-0.3, -0.25) is 0 Å². The Kier molecular flexibility index (Phi) is 4.94. The molecule has 1 aliphatic carbocycles. The van der Waals surface area contributed by atoms with E-state index in [2.05, 4.69) is 121 Å². The zero-order valence-electron chi connectivity index (χ0n) is 23.2. The molecular formula is C39H27NO2. The van der Waals surface area contributed by atoms with E-state index in [0.29, 0.717) is 0 Å². The maximum atomic E-state index is 6.66. The number of hydrogen-bond acceptors (Lipinski definition) is 3. The molecule has 3 heteroatoms. The highest BCUT2D eigenvalue weighted by atomic mass is 16.3. The van der Waals surface area contributed by atoms with Crippen LogP contribution in [-0.4, -0.2) is 0 Å². The molecular weight excluding hydrogens is 514 g/mol. The normalized spacial score (nSPS) is 13.1. The van der Waals surface area contributed by atoms with Crippen molar-refractivity contribution in [3.63, 3.8) is 0 Å². The van der Waals surface area contributed by atoms with Crippen LogP contribution >= 0.6 is 0 Å². The zero-order chi connectivity index (χ0) is 27.8. The minimum absolute atomic E-state index is 0.885. The van der Waals surface area contributed by atoms with Gasteiger partial charge in [-0.15, -0.1) is 0 Å². The summed E-state index contributed by atoms with van der Waals surface area (Å²) < 4.78 is 13.2. The van der Waals surface area contributed by atoms with Crippen LogP contribution in [0, 0.1) is 6.92 Å². The van der Waals surface area contributed by atoms with Crippen molar-refractivity contribution < 1.29 is 8.83 Å². The summed E-state index contributed by atoms with van der Waals surface area (Å²) in [6.45, 7) is 2.15. The third-order valence-electron chi connectivity index (χ3n) is 8.73. The second kappa shape index (κ2) is 8.86. The van der Waals surface area contributed by atoms with Crippen LogP contribution in [0.25, 0.3) is 60.7 Å². The Bertz CT molecular complexity index is 2390. The van der Waals surface area contributed by atoms with Crippen molar-refractivity contribution in [2.24, 2.45) is 0 Å². The van der Waals surface area contributed by atoms with Gasteiger partial charge in [-0.05, 0) is 83.6 Å². The molecule has 1 aliphatic rings. The Morgan fingerprint density at radius 1 is 0.619 bits per heavy atom. The number of benzene rings is 6. The smallest absolute Gasteiger partial charge is 0.159 e. The lowest BCUT2D eigenvalue weighted by Crippen LogP contribution is -2.14. The standard InChI is InChI=1S/C39H27NO2/c1-24-10-8-13-27(20-24)40(33-18-9-17-31-29-15-6-7-19-35(29)42-39(31)33)34-23-37-38(30-16-5-4-14-28(30)34)32-21-25-11-2-3-12-26(25)22-36(32)41-37/h2-3,5-13,15-23H,4,14H2,1H3. The molecule has 42 heavy (non-hydrogen) atoms. The number of nitrogens with zero attached hydrogens (tertiary/aromatic N) is 1. The largest absolute Gasteiger partial charge is 0.456 e. The maximum absolute atomic E-state index is 6.66. The molecule has 0 N–H and O–H groups in total. The van der Waals surface area contributed by atoms with E-state index in [4.69, 9.17) is 8.83 Å². The summed E-state index contributed by atoms with van der Waals surface area (Å²) in [6.07, 6.45) is 6.55. The number of fused-ring (bicyclic) bond motifs is 9. The van der Waals surface area contributed by atoms with Gasteiger partial charge >= 0.3 is 0 Å². The van der Waals surface area contributed by atoms with Crippen LogP contribution in [0.5, 0.6) is 0 Å². The summed E-state index contributed by atoms with van der Waals surface area (Å²) in [5, 5.41) is 7.01. The van der Waals surface area contributed by atoms with Crippen molar-refractivity contribution in [3.8, 4) is 0 Å². The van der Waals surface area contributed by atoms with E-state index in [9.17, 15) is 0 Å². The molecule has 2 aromatic heterocycles. The van der Waals surface area contributed by atoms with Gasteiger partial charge in [0.25, 0.3) is 0 Å². The molecule has 3 nitrogen and oxygen atoms in total. The molecule has 200 valence electrons. The summed E-state index contributed by atoms with van der Waals surface area (Å²) in [7, 11) is 0. The van der Waals surface area contributed by atoms with Gasteiger partial charge in [0.05, 0.1) is 11.4 Å². The molecule has 0 saturated heterocycles. The molecule has 2 heterocycles. The number of aryl methyl sites for hydroxylation is 1. The van der Waals surface area contributed by atoms with E-state index in [1.165, 1.54) is 38.2 Å². The van der Waals surface area contributed by atoms with Crippen molar-refractivity contribution in [1.82, 2.24) is 0 Å². The van der Waals surface area contributed by atoms with Crippen LogP contribution in [0.1, 0.15) is 23.1 Å². The monoisotopic (exact) mass is 541 g/mol. The maximum Gasteiger partial charge on any atom is 0.159 e. The number of furan rings is 2. The lowest BCUT2D eigenvalue weighted by molar-refractivity contribution is 0.667. The fourth-order valence-electron chi connectivity index (χ4n) is 6.84. The van der Waals surface area contributed by atoms with Crippen molar-refractivity contribution in [1.29, 1.82) is 0 Å². The topological polar surface area (TPSA) is 29.5 Å². The van der Waals surface area contributed by atoms with E-state index in [0.717, 1.165) is 63.0 Å². The number of allylic oxidation sites excluding steroid dienone is 1. The van der Waals surface area contributed by atoms with Crippen LogP contribution in [0.2, 0.25) is 0 Å². The van der Waals surface area contributed by atoms with Gasteiger partial charge in [0.1, 0.15) is 16.7 Å². The fraction of sp³-hybridized carbons (Fsp3) is 0.0769. The molecule has 0 bridgehead atoms. The molecule has 0 atom stereocenters. The van der Waals surface area contributed by atoms with Crippen molar-refractivity contribution in [3.05, 3.63) is 132 Å². The first-order valence-electron chi connectivity index (χ1n) is 14.6. The molecule has 6 aromatic carbocycles. The molecule has 9 rings (SSSR count). The first kappa shape index (κ1) is 23.4. The number of para-hydroxylation sites is 2. The summed E-state index contributed by atoms with van der Waals surface area (Å²) in [4.78, 5) is 2.37. The summed E-state index contributed by atoms with van der Waals surface area (Å²) in [5.74, 6) is 0. The lowest BCUT2D eigenvalue weighted by Gasteiger charge is -2.29. The van der Waals surface area contributed by atoms with E-state index in [-0.39, 0.29) is 0 Å². The van der Waals surface area contributed by atoms with E-state index < -0.39 is 0 Å². The third-order valence-corrected chi connectivity index (χ3v) is 8.73. The number of hydrogen-bond donors (Lipinski definition) is 0. The first-order valence-corrected chi connectivity index (χ1v) is 14.6. The highest BCUT2D eigenvalue weighted by molar-refractivity contribution is 6.16. The van der Waals surface area contributed by atoms with Crippen LogP contribution in [0.15, 0.2) is 124 Å². The van der Waals surface area contributed by atoms with Crippen LogP contribution < -0.4 is 4.90 Å². The highest BCUT2D eigenvalue weighted by Crippen LogP contribution is 2.48. The van der Waals surface area contributed by atoms with Crippen LogP contribution in [0.4, 0.5) is 17.1 Å². The number of rotatable bonds is 3. The first-order chi connectivity index (χ1) is 20.7. The molecule has 8 aromatic rings. The molecule has 0 spiro atoms. The fourth-order valence-corrected chi connectivity index (χ4v) is 6.84. The summed E-state index contributed by atoms with van der Waals surface area (Å²) >= 11 is 0. The van der Waals surface area contributed by atoms with E-state index in [1.807, 2.05) is 12.1 Å². The second-order valence-electron chi connectivity index (χ2n) is 11.3. The minimum atomic E-state index is 0.885. The highest BCUT2D eigenvalue weighted by Gasteiger charge is 2.26. The van der Waals surface area contributed by atoms with Gasteiger partial charge in [-0.25, -0.2) is 0 Å². The van der Waals surface area contributed by atoms with Crippen molar-refractivity contribution >= 4 is 77.8 Å². The van der Waals surface area contributed by atoms with Crippen LogP contribution in [-0.2, 0) is 6.42 Å². The average molecular weight is 542 g/mol. The Labute approximate surface area is 242 Å².